The average Bonchev–Trinajstić information content (AvgIpc) is 2.59. The van der Waals surface area contributed by atoms with Crippen LogP contribution in [0.4, 0.5) is 4.39 Å². The normalized spacial score (nSPS) is 15.1. The Morgan fingerprint density at radius 1 is 1.22 bits per heavy atom. The fourth-order valence-corrected chi connectivity index (χ4v) is 2.68. The van der Waals surface area contributed by atoms with Crippen molar-refractivity contribution in [2.24, 2.45) is 5.10 Å². The van der Waals surface area contributed by atoms with Gasteiger partial charge in [-0.1, -0.05) is 12.1 Å². The van der Waals surface area contributed by atoms with Crippen LogP contribution in [0.2, 0.25) is 0 Å². The van der Waals surface area contributed by atoms with E-state index in [1.807, 2.05) is 18.2 Å². The lowest BCUT2D eigenvalue weighted by Crippen LogP contribution is -2.22. The van der Waals surface area contributed by atoms with Gasteiger partial charge in [0.2, 0.25) is 0 Å². The van der Waals surface area contributed by atoms with E-state index >= 15 is 0 Å². The van der Waals surface area contributed by atoms with E-state index < -0.39 is 11.7 Å². The summed E-state index contributed by atoms with van der Waals surface area (Å²) in [7, 11) is 1.62. The van der Waals surface area contributed by atoms with Crippen LogP contribution >= 0.6 is 0 Å². The monoisotopic (exact) mass is 312 g/mol. The summed E-state index contributed by atoms with van der Waals surface area (Å²) >= 11 is 0. The van der Waals surface area contributed by atoms with Gasteiger partial charge in [0, 0.05) is 11.1 Å². The molecule has 2 aromatic rings. The Bertz CT molecular complexity index is 771. The number of hydrazone groups is 1. The van der Waals surface area contributed by atoms with Crippen LogP contribution in [0.15, 0.2) is 47.6 Å². The molecule has 0 heterocycles. The zero-order chi connectivity index (χ0) is 16.2. The zero-order valence-corrected chi connectivity index (χ0v) is 12.8. The molecule has 5 heteroatoms. The number of nitrogens with one attached hydrogen (secondary N) is 1. The molecule has 0 radical (unpaired) electrons. The summed E-state index contributed by atoms with van der Waals surface area (Å²) in [6, 6.07) is 11.4. The number of amides is 1. The number of hydrogen-bond acceptors (Lipinski definition) is 3. The Kier molecular flexibility index (Phi) is 4.37. The highest BCUT2D eigenvalue weighted by molar-refractivity contribution is 6.04. The lowest BCUT2D eigenvalue weighted by Gasteiger charge is -2.18. The molecule has 0 spiro atoms. The highest BCUT2D eigenvalue weighted by atomic mass is 19.1. The van der Waals surface area contributed by atoms with Crippen molar-refractivity contribution in [2.75, 3.05) is 7.11 Å². The predicted molar refractivity (Wildman–Crippen MR) is 86.3 cm³/mol. The number of benzene rings is 2. The Morgan fingerprint density at radius 3 is 2.87 bits per heavy atom. The number of nitrogens with zero attached hydrogens (tertiary/aromatic N) is 1. The molecule has 1 N–H and O–H groups in total. The van der Waals surface area contributed by atoms with Gasteiger partial charge in [-0.2, -0.15) is 5.10 Å². The molecule has 0 saturated carbocycles. The third-order valence-electron chi connectivity index (χ3n) is 3.87. The second-order valence-corrected chi connectivity index (χ2v) is 5.39. The van der Waals surface area contributed by atoms with Gasteiger partial charge in [-0.3, -0.25) is 4.79 Å². The van der Waals surface area contributed by atoms with Gasteiger partial charge in [-0.15, -0.1) is 0 Å². The molecule has 1 amide bonds. The van der Waals surface area contributed by atoms with Crippen LogP contribution < -0.4 is 10.2 Å². The predicted octanol–water partition coefficient (Wildman–Crippen LogP) is 3.30. The summed E-state index contributed by atoms with van der Waals surface area (Å²) in [6.07, 6.45) is 2.74. The van der Waals surface area contributed by atoms with E-state index in [2.05, 4.69) is 10.5 Å². The van der Waals surface area contributed by atoms with Gasteiger partial charge in [0.1, 0.15) is 11.6 Å². The molecular weight excluding hydrogens is 295 g/mol. The van der Waals surface area contributed by atoms with Crippen LogP contribution in [0, 0.1) is 5.82 Å². The number of fused-ring (bicyclic) bond motifs is 1. The first-order valence-corrected chi connectivity index (χ1v) is 7.47. The smallest absolute Gasteiger partial charge is 0.271 e. The number of hydrogen-bond donors (Lipinski definition) is 1. The Labute approximate surface area is 134 Å². The van der Waals surface area contributed by atoms with Gasteiger partial charge < -0.3 is 4.74 Å². The number of halogens is 1. The van der Waals surface area contributed by atoms with E-state index in [0.717, 1.165) is 36.3 Å². The largest absolute Gasteiger partial charge is 0.497 e. The number of carbonyl (C=O) groups is 1. The molecule has 1 aliphatic carbocycles. The fraction of sp³-hybridized carbons (Fsp3) is 0.222. The van der Waals surface area contributed by atoms with Crippen molar-refractivity contribution in [1.82, 2.24) is 5.43 Å². The summed E-state index contributed by atoms with van der Waals surface area (Å²) in [5, 5.41) is 4.25. The molecule has 23 heavy (non-hydrogen) atoms. The summed E-state index contributed by atoms with van der Waals surface area (Å²) in [5.41, 5.74) is 5.76. The van der Waals surface area contributed by atoms with Crippen molar-refractivity contribution in [3.8, 4) is 5.75 Å². The highest BCUT2D eigenvalue weighted by Gasteiger charge is 2.17. The quantitative estimate of drug-likeness (QED) is 0.884. The molecule has 0 aliphatic heterocycles. The molecule has 0 aromatic heterocycles. The summed E-state index contributed by atoms with van der Waals surface area (Å²) in [4.78, 5) is 12.1. The van der Waals surface area contributed by atoms with Crippen molar-refractivity contribution in [1.29, 1.82) is 0 Å². The minimum atomic E-state index is -0.446. The number of rotatable bonds is 3. The van der Waals surface area contributed by atoms with E-state index in [0.29, 0.717) is 0 Å². The minimum absolute atomic E-state index is 0.246. The maximum Gasteiger partial charge on any atom is 0.271 e. The first kappa shape index (κ1) is 15.2. The number of methoxy groups -OCH3 is 1. The molecule has 1 aliphatic rings. The first-order valence-electron chi connectivity index (χ1n) is 7.47. The van der Waals surface area contributed by atoms with Gasteiger partial charge >= 0.3 is 0 Å². The van der Waals surface area contributed by atoms with Gasteiger partial charge in [0.15, 0.2) is 0 Å². The second kappa shape index (κ2) is 6.60. The van der Waals surface area contributed by atoms with Crippen molar-refractivity contribution in [2.45, 2.75) is 19.3 Å². The Morgan fingerprint density at radius 2 is 2.09 bits per heavy atom. The summed E-state index contributed by atoms with van der Waals surface area (Å²) in [6.45, 7) is 0. The number of carbonyl (C=O) groups excluding carboxylic acids is 1. The van der Waals surface area contributed by atoms with Crippen molar-refractivity contribution >= 4 is 11.6 Å². The van der Waals surface area contributed by atoms with Gasteiger partial charge in [-0.05, 0) is 55.2 Å². The SMILES string of the molecule is COc1ccc2c(c1)C(=NNC(=O)c1cccc(F)c1)CCC2. The Hall–Kier alpha value is -2.69. The summed E-state index contributed by atoms with van der Waals surface area (Å²) in [5.74, 6) is -0.111. The molecule has 0 saturated heterocycles. The standard InChI is InChI=1S/C18H17FN2O2/c1-23-15-9-8-12-4-3-7-17(16(12)11-15)20-21-18(22)13-5-2-6-14(19)10-13/h2,5-6,8-11H,3-4,7H2,1H3,(H,21,22). The van der Waals surface area contributed by atoms with E-state index in [-0.39, 0.29) is 5.56 Å². The zero-order valence-electron chi connectivity index (χ0n) is 12.8. The highest BCUT2D eigenvalue weighted by Crippen LogP contribution is 2.25. The number of ether oxygens (including phenoxy) is 1. The van der Waals surface area contributed by atoms with Crippen LogP contribution in [0.1, 0.15) is 34.3 Å². The third-order valence-corrected chi connectivity index (χ3v) is 3.87. The molecule has 2 aromatic carbocycles. The van der Waals surface area contributed by atoms with E-state index in [1.54, 1.807) is 13.2 Å². The third kappa shape index (κ3) is 3.39. The fourth-order valence-electron chi connectivity index (χ4n) is 2.68. The average molecular weight is 312 g/mol. The topological polar surface area (TPSA) is 50.7 Å². The van der Waals surface area contributed by atoms with E-state index in [9.17, 15) is 9.18 Å². The molecule has 0 fully saturated rings. The van der Waals surface area contributed by atoms with Gasteiger partial charge in [0.25, 0.3) is 5.91 Å². The molecule has 0 unspecified atom stereocenters. The van der Waals surface area contributed by atoms with E-state index in [4.69, 9.17) is 4.74 Å². The maximum atomic E-state index is 13.2. The second-order valence-electron chi connectivity index (χ2n) is 5.39. The lowest BCUT2D eigenvalue weighted by molar-refractivity contribution is 0.0954. The lowest BCUT2D eigenvalue weighted by atomic mass is 9.90. The molecule has 118 valence electrons. The van der Waals surface area contributed by atoms with Gasteiger partial charge in [-0.25, -0.2) is 9.82 Å². The van der Waals surface area contributed by atoms with Crippen molar-refractivity contribution in [3.63, 3.8) is 0 Å². The van der Waals surface area contributed by atoms with Crippen molar-refractivity contribution in [3.05, 3.63) is 65.0 Å². The molecule has 3 rings (SSSR count). The van der Waals surface area contributed by atoms with Crippen LogP contribution in [-0.2, 0) is 6.42 Å². The number of aryl methyl sites for hydroxylation is 1. The van der Waals surface area contributed by atoms with Gasteiger partial charge in [0.05, 0.1) is 12.8 Å². The van der Waals surface area contributed by atoms with E-state index in [1.165, 1.54) is 23.8 Å². The summed E-state index contributed by atoms with van der Waals surface area (Å²) < 4.78 is 18.4. The first-order chi connectivity index (χ1) is 11.2. The Balaban J connectivity index is 1.83. The van der Waals surface area contributed by atoms with Crippen LogP contribution in [-0.4, -0.2) is 18.7 Å². The van der Waals surface area contributed by atoms with Crippen LogP contribution in [0.5, 0.6) is 5.75 Å². The molecule has 4 nitrogen and oxygen atoms in total. The maximum absolute atomic E-state index is 13.2. The van der Waals surface area contributed by atoms with Crippen LogP contribution in [0.3, 0.4) is 0 Å². The van der Waals surface area contributed by atoms with Crippen molar-refractivity contribution < 1.29 is 13.9 Å². The molecule has 0 atom stereocenters. The molecule has 0 bridgehead atoms. The van der Waals surface area contributed by atoms with Crippen LogP contribution in [0.25, 0.3) is 0 Å². The molecular formula is C18H17FN2O2. The minimum Gasteiger partial charge on any atom is -0.497 e.